The van der Waals surface area contributed by atoms with E-state index in [9.17, 15) is 0 Å². The molecule has 0 aliphatic carbocycles. The van der Waals surface area contributed by atoms with Gasteiger partial charge < -0.3 is 0 Å². The third kappa shape index (κ3) is 2.69. The van der Waals surface area contributed by atoms with Crippen molar-refractivity contribution in [2.45, 2.75) is 18.7 Å². The maximum absolute atomic E-state index is 5.69. The van der Waals surface area contributed by atoms with Gasteiger partial charge in [0.1, 0.15) is 5.69 Å². The molecule has 0 bridgehead atoms. The van der Waals surface area contributed by atoms with Gasteiger partial charge in [0, 0.05) is 13.1 Å². The Morgan fingerprint density at radius 3 is 2.45 bits per heavy atom. The van der Waals surface area contributed by atoms with Gasteiger partial charge in [-0.2, -0.15) is 9.82 Å². The van der Waals surface area contributed by atoms with Crippen LogP contribution in [-0.2, 0) is 22.6 Å². The average Bonchev–Trinajstić information content (AvgIpc) is 2.77. The van der Waals surface area contributed by atoms with Gasteiger partial charge in [-0.3, -0.25) is 4.68 Å². The fraction of sp³-hybridized carbons (Fsp3) is 0.235. The van der Waals surface area contributed by atoms with Crippen molar-refractivity contribution in [1.29, 1.82) is 0 Å². The first-order valence-corrected chi connectivity index (χ1v) is 8.29. The van der Waals surface area contributed by atoms with Crippen LogP contribution in [0.5, 0.6) is 0 Å². The average molecular weight is 314 g/mol. The topological polar surface area (TPSA) is 39.1 Å². The highest BCUT2D eigenvalue weighted by Crippen LogP contribution is 2.26. The number of rotatable bonds is 4. The number of benzene rings is 2. The molecule has 1 atom stereocenters. The molecule has 4 nitrogen and oxygen atoms in total. The summed E-state index contributed by atoms with van der Waals surface area (Å²) in [6.07, 6.45) is 0. The first-order valence-electron chi connectivity index (χ1n) is 7.14. The summed E-state index contributed by atoms with van der Waals surface area (Å²) in [6, 6.07) is 14.8. The third-order valence-electron chi connectivity index (χ3n) is 3.81. The largest absolute Gasteiger partial charge is 0.305 e. The Morgan fingerprint density at radius 1 is 1.09 bits per heavy atom. The summed E-state index contributed by atoms with van der Waals surface area (Å²) in [5, 5.41) is 6.90. The van der Waals surface area contributed by atoms with Crippen LogP contribution in [0.2, 0.25) is 0 Å². The molecule has 3 aromatic rings. The molecule has 0 spiro atoms. The minimum atomic E-state index is -0.512. The van der Waals surface area contributed by atoms with E-state index in [1.165, 1.54) is 10.8 Å². The van der Waals surface area contributed by atoms with Crippen molar-refractivity contribution in [3.8, 4) is 0 Å². The molecule has 1 heterocycles. The fourth-order valence-electron chi connectivity index (χ4n) is 2.49. The lowest BCUT2D eigenvalue weighted by atomic mass is 10.1. The van der Waals surface area contributed by atoms with Crippen LogP contribution >= 0.6 is 0 Å². The normalized spacial score (nSPS) is 12.5. The Hall–Kier alpha value is -1.98. The van der Waals surface area contributed by atoms with Crippen molar-refractivity contribution in [1.82, 2.24) is 9.78 Å². The van der Waals surface area contributed by atoms with Gasteiger partial charge >= 0.3 is 11.4 Å². The molecule has 1 unspecified atom stereocenters. The molecule has 1 aromatic heterocycles. The number of aryl methyl sites for hydroxylation is 2. The van der Waals surface area contributed by atoms with Crippen molar-refractivity contribution in [3.05, 3.63) is 53.9 Å². The number of anilines is 1. The second-order valence-corrected chi connectivity index (χ2v) is 6.76. The molecule has 0 amide bonds. The second-order valence-electron chi connectivity index (χ2n) is 5.22. The van der Waals surface area contributed by atoms with Crippen LogP contribution in [0.1, 0.15) is 11.4 Å². The summed E-state index contributed by atoms with van der Waals surface area (Å²) in [7, 11) is 3.68. The van der Waals surface area contributed by atoms with Gasteiger partial charge in [-0.25, -0.2) is 0 Å². The quantitative estimate of drug-likeness (QED) is 0.745. The third-order valence-corrected chi connectivity index (χ3v) is 5.21. The molecule has 5 heteroatoms. The zero-order valence-corrected chi connectivity index (χ0v) is 14.1. The number of nitrogens with zero attached hydrogens (tertiary/aromatic N) is 2. The maximum Gasteiger partial charge on any atom is 0.305 e. The zero-order valence-electron chi connectivity index (χ0n) is 13.3. The molecule has 0 fully saturated rings. The highest BCUT2D eigenvalue weighted by Gasteiger charge is 2.27. The van der Waals surface area contributed by atoms with E-state index in [1.54, 1.807) is 7.11 Å². The first-order chi connectivity index (χ1) is 10.6. The van der Waals surface area contributed by atoms with Crippen LogP contribution in [-0.4, -0.2) is 16.9 Å². The van der Waals surface area contributed by atoms with E-state index >= 15 is 0 Å². The van der Waals surface area contributed by atoms with Gasteiger partial charge in [0.05, 0.1) is 18.5 Å². The first kappa shape index (κ1) is 14.9. The summed E-state index contributed by atoms with van der Waals surface area (Å²) in [4.78, 5) is 1.13. The molecule has 0 radical (unpaired) electrons. The molecular formula is C17H20N3OS+. The smallest absolute Gasteiger partial charge is 0.270 e. The Bertz CT molecular complexity index is 813. The van der Waals surface area contributed by atoms with Gasteiger partial charge in [-0.1, -0.05) is 24.3 Å². The van der Waals surface area contributed by atoms with Crippen LogP contribution in [0.25, 0.3) is 10.8 Å². The standard InChI is InChI=1S/C17H20N3OS/c1-12-17(13(2)20(3)18-12)19-22(21-4)16-10-9-14-7-5-6-8-15(14)11-16/h5-11,19H,1-4H3/q+1. The van der Waals surface area contributed by atoms with Crippen molar-refractivity contribution in [3.63, 3.8) is 0 Å². The van der Waals surface area contributed by atoms with E-state index in [0.29, 0.717) is 0 Å². The van der Waals surface area contributed by atoms with Crippen LogP contribution in [0.4, 0.5) is 5.69 Å². The number of hydrogen-bond donors (Lipinski definition) is 1. The highest BCUT2D eigenvalue weighted by atomic mass is 32.2. The highest BCUT2D eigenvalue weighted by molar-refractivity contribution is 7.93. The predicted octanol–water partition coefficient (Wildman–Crippen LogP) is 3.76. The van der Waals surface area contributed by atoms with Crippen LogP contribution < -0.4 is 4.72 Å². The molecule has 114 valence electrons. The summed E-state index contributed by atoms with van der Waals surface area (Å²) in [6.45, 7) is 4.06. The van der Waals surface area contributed by atoms with E-state index in [1.807, 2.05) is 18.7 Å². The van der Waals surface area contributed by atoms with E-state index in [2.05, 4.69) is 59.2 Å². The fourth-order valence-corrected chi connectivity index (χ4v) is 3.79. The van der Waals surface area contributed by atoms with Crippen molar-refractivity contribution >= 4 is 27.8 Å². The maximum atomic E-state index is 5.69. The van der Waals surface area contributed by atoms with Gasteiger partial charge in [0.2, 0.25) is 4.90 Å². The van der Waals surface area contributed by atoms with Crippen molar-refractivity contribution in [2.24, 2.45) is 7.05 Å². The van der Waals surface area contributed by atoms with Crippen LogP contribution in [0, 0.1) is 13.8 Å². The predicted molar refractivity (Wildman–Crippen MR) is 92.9 cm³/mol. The minimum absolute atomic E-state index is 0.512. The Morgan fingerprint density at radius 2 is 1.82 bits per heavy atom. The minimum Gasteiger partial charge on any atom is -0.270 e. The number of aromatic nitrogens is 2. The number of nitrogens with one attached hydrogen (secondary N) is 1. The Kier molecular flexibility index (Phi) is 4.09. The van der Waals surface area contributed by atoms with E-state index in [4.69, 9.17) is 4.18 Å². The number of fused-ring (bicyclic) bond motifs is 1. The van der Waals surface area contributed by atoms with Gasteiger partial charge in [-0.05, 0) is 36.8 Å². The van der Waals surface area contributed by atoms with Gasteiger partial charge in [0.25, 0.3) is 0 Å². The lowest BCUT2D eigenvalue weighted by Crippen LogP contribution is -2.16. The summed E-state index contributed by atoms with van der Waals surface area (Å²) >= 11 is -0.512. The van der Waals surface area contributed by atoms with Crippen LogP contribution in [0.15, 0.2) is 47.4 Å². The van der Waals surface area contributed by atoms with E-state index in [0.717, 1.165) is 22.0 Å². The summed E-state index contributed by atoms with van der Waals surface area (Å²) < 4.78 is 11.1. The number of hydrogen-bond acceptors (Lipinski definition) is 3. The van der Waals surface area contributed by atoms with Gasteiger partial charge in [-0.15, -0.1) is 4.18 Å². The second kappa shape index (κ2) is 6.02. The summed E-state index contributed by atoms with van der Waals surface area (Å²) in [5.41, 5.74) is 3.13. The Balaban J connectivity index is 1.95. The van der Waals surface area contributed by atoms with E-state index < -0.39 is 11.4 Å². The SMILES string of the molecule is CO[S+](Nc1c(C)nn(C)c1C)c1ccc2ccccc2c1. The van der Waals surface area contributed by atoms with Crippen molar-refractivity contribution < 1.29 is 4.18 Å². The molecule has 22 heavy (non-hydrogen) atoms. The molecular weight excluding hydrogens is 294 g/mol. The van der Waals surface area contributed by atoms with Crippen LogP contribution in [0.3, 0.4) is 0 Å². The lowest BCUT2D eigenvalue weighted by molar-refractivity contribution is 0.475. The van der Waals surface area contributed by atoms with E-state index in [-0.39, 0.29) is 0 Å². The zero-order chi connectivity index (χ0) is 15.7. The lowest BCUT2D eigenvalue weighted by Gasteiger charge is -2.07. The molecule has 3 rings (SSSR count). The molecule has 0 aliphatic rings. The molecule has 1 N–H and O–H groups in total. The Labute approximate surface area is 133 Å². The summed E-state index contributed by atoms with van der Waals surface area (Å²) in [5.74, 6) is 0. The monoisotopic (exact) mass is 314 g/mol. The molecule has 0 saturated heterocycles. The van der Waals surface area contributed by atoms with Crippen molar-refractivity contribution in [2.75, 3.05) is 11.8 Å². The molecule has 0 aliphatic heterocycles. The molecule has 2 aromatic carbocycles. The van der Waals surface area contributed by atoms with Gasteiger partial charge in [0.15, 0.2) is 0 Å². The molecule has 0 saturated carbocycles.